The highest BCUT2D eigenvalue weighted by molar-refractivity contribution is 7.89. The molecule has 0 saturated heterocycles. The summed E-state index contributed by atoms with van der Waals surface area (Å²) in [5.41, 5.74) is 2.05. The van der Waals surface area contributed by atoms with Crippen LogP contribution in [0.3, 0.4) is 0 Å². The monoisotopic (exact) mass is 348 g/mol. The lowest BCUT2D eigenvalue weighted by Crippen LogP contribution is -2.23. The van der Waals surface area contributed by atoms with E-state index in [9.17, 15) is 8.42 Å². The molecule has 2 aromatic rings. The lowest BCUT2D eigenvalue weighted by atomic mass is 10.1. The van der Waals surface area contributed by atoms with Gasteiger partial charge in [0.2, 0.25) is 10.0 Å². The summed E-state index contributed by atoms with van der Waals surface area (Å²) in [6.07, 6.45) is 0. The smallest absolute Gasteiger partial charge is 0.242 e. The van der Waals surface area contributed by atoms with Gasteiger partial charge in [0.15, 0.2) is 0 Å². The Balaban J connectivity index is 2.14. The standard InChI is InChI=1S/C18H24N2O3S/c1-19(2)24(21,22)17-10-7-8-15(12-17)13-20(3)14-16-9-5-6-11-18(16)23-4/h5-12H,13-14H2,1-4H3. The molecule has 0 heterocycles. The van der Waals surface area contributed by atoms with Crippen LogP contribution < -0.4 is 4.74 Å². The Morgan fingerprint density at radius 2 is 1.67 bits per heavy atom. The molecule has 0 aromatic heterocycles. The molecule has 0 aliphatic rings. The summed E-state index contributed by atoms with van der Waals surface area (Å²) < 4.78 is 31.1. The van der Waals surface area contributed by atoms with E-state index in [0.29, 0.717) is 18.0 Å². The van der Waals surface area contributed by atoms with Gasteiger partial charge in [-0.05, 0) is 30.8 Å². The largest absolute Gasteiger partial charge is 0.496 e. The Hall–Kier alpha value is -1.89. The number of rotatable bonds is 7. The van der Waals surface area contributed by atoms with E-state index >= 15 is 0 Å². The molecule has 0 unspecified atom stereocenters. The Morgan fingerprint density at radius 1 is 0.958 bits per heavy atom. The minimum absolute atomic E-state index is 0.315. The first-order valence-electron chi connectivity index (χ1n) is 7.66. The van der Waals surface area contributed by atoms with Crippen LogP contribution in [0.2, 0.25) is 0 Å². The second kappa shape index (κ2) is 7.79. The number of sulfonamides is 1. The molecule has 0 amide bonds. The first-order chi connectivity index (χ1) is 11.3. The summed E-state index contributed by atoms with van der Waals surface area (Å²) in [6.45, 7) is 1.36. The fourth-order valence-electron chi connectivity index (χ4n) is 2.51. The van der Waals surface area contributed by atoms with Gasteiger partial charge in [-0.25, -0.2) is 12.7 Å². The zero-order chi connectivity index (χ0) is 17.7. The molecule has 0 N–H and O–H groups in total. The average Bonchev–Trinajstić information content (AvgIpc) is 2.55. The van der Waals surface area contributed by atoms with Crippen molar-refractivity contribution in [3.05, 3.63) is 59.7 Å². The number of para-hydroxylation sites is 1. The molecule has 0 spiro atoms. The first-order valence-corrected chi connectivity index (χ1v) is 9.10. The zero-order valence-corrected chi connectivity index (χ0v) is 15.4. The summed E-state index contributed by atoms with van der Waals surface area (Å²) in [5, 5.41) is 0. The lowest BCUT2D eigenvalue weighted by molar-refractivity contribution is 0.310. The Kier molecular flexibility index (Phi) is 5.99. The van der Waals surface area contributed by atoms with Gasteiger partial charge in [0.05, 0.1) is 12.0 Å². The minimum atomic E-state index is -3.41. The fraction of sp³-hybridized carbons (Fsp3) is 0.333. The van der Waals surface area contributed by atoms with Crippen molar-refractivity contribution in [1.82, 2.24) is 9.21 Å². The van der Waals surface area contributed by atoms with E-state index in [2.05, 4.69) is 4.90 Å². The number of ether oxygens (including phenoxy) is 1. The summed E-state index contributed by atoms with van der Waals surface area (Å²) in [7, 11) is 3.33. The van der Waals surface area contributed by atoms with Gasteiger partial charge in [-0.3, -0.25) is 4.90 Å². The van der Waals surface area contributed by atoms with Gasteiger partial charge in [-0.2, -0.15) is 0 Å². The van der Waals surface area contributed by atoms with E-state index in [1.165, 1.54) is 18.4 Å². The highest BCUT2D eigenvalue weighted by Crippen LogP contribution is 2.20. The molecule has 0 saturated carbocycles. The summed E-state index contributed by atoms with van der Waals surface area (Å²) >= 11 is 0. The average molecular weight is 348 g/mol. The van der Waals surface area contributed by atoms with Gasteiger partial charge < -0.3 is 4.74 Å². The molecule has 6 heteroatoms. The van der Waals surface area contributed by atoms with Crippen LogP contribution in [0.4, 0.5) is 0 Å². The van der Waals surface area contributed by atoms with Crippen molar-refractivity contribution >= 4 is 10.0 Å². The molecule has 2 aromatic carbocycles. The maximum atomic E-state index is 12.2. The number of nitrogens with zero attached hydrogens (tertiary/aromatic N) is 2. The van der Waals surface area contributed by atoms with Crippen LogP contribution >= 0.6 is 0 Å². The van der Waals surface area contributed by atoms with E-state index in [1.807, 2.05) is 37.4 Å². The number of methoxy groups -OCH3 is 1. The van der Waals surface area contributed by atoms with Crippen molar-refractivity contribution in [3.63, 3.8) is 0 Å². The molecule has 0 aliphatic heterocycles. The molecule has 130 valence electrons. The molecular formula is C18H24N2O3S. The van der Waals surface area contributed by atoms with Gasteiger partial charge in [-0.15, -0.1) is 0 Å². The Bertz CT molecular complexity index is 788. The Morgan fingerprint density at radius 3 is 2.33 bits per heavy atom. The highest BCUT2D eigenvalue weighted by atomic mass is 32.2. The molecule has 0 radical (unpaired) electrons. The zero-order valence-electron chi connectivity index (χ0n) is 14.6. The van der Waals surface area contributed by atoms with Gasteiger partial charge in [0, 0.05) is 32.7 Å². The van der Waals surface area contributed by atoms with Crippen LogP contribution in [0.1, 0.15) is 11.1 Å². The van der Waals surface area contributed by atoms with E-state index in [1.54, 1.807) is 25.3 Å². The van der Waals surface area contributed by atoms with Crippen LogP contribution in [0.25, 0.3) is 0 Å². The van der Waals surface area contributed by atoms with Crippen molar-refractivity contribution < 1.29 is 13.2 Å². The maximum Gasteiger partial charge on any atom is 0.242 e. The quantitative estimate of drug-likeness (QED) is 0.772. The third kappa shape index (κ3) is 4.35. The summed E-state index contributed by atoms with van der Waals surface area (Å²) in [4.78, 5) is 2.44. The molecule has 0 atom stereocenters. The molecule has 24 heavy (non-hydrogen) atoms. The van der Waals surface area contributed by atoms with Crippen molar-refractivity contribution in [1.29, 1.82) is 0 Å². The molecule has 5 nitrogen and oxygen atoms in total. The summed E-state index contributed by atoms with van der Waals surface area (Å²) in [6, 6.07) is 15.0. The van der Waals surface area contributed by atoms with Crippen molar-refractivity contribution in [2.75, 3.05) is 28.3 Å². The highest BCUT2D eigenvalue weighted by Gasteiger charge is 2.17. The first kappa shape index (κ1) is 18.4. The van der Waals surface area contributed by atoms with Crippen molar-refractivity contribution in [3.8, 4) is 5.75 Å². The fourth-order valence-corrected chi connectivity index (χ4v) is 3.48. The molecule has 0 bridgehead atoms. The number of benzene rings is 2. The van der Waals surface area contributed by atoms with E-state index in [0.717, 1.165) is 16.9 Å². The van der Waals surface area contributed by atoms with Crippen LogP contribution in [-0.2, 0) is 23.1 Å². The second-order valence-electron chi connectivity index (χ2n) is 5.92. The number of hydrogen-bond acceptors (Lipinski definition) is 4. The molecular weight excluding hydrogens is 324 g/mol. The van der Waals surface area contributed by atoms with E-state index in [-0.39, 0.29) is 0 Å². The van der Waals surface area contributed by atoms with Crippen LogP contribution in [0, 0.1) is 0 Å². The SMILES string of the molecule is COc1ccccc1CN(C)Cc1cccc(S(=O)(=O)N(C)C)c1. The van der Waals surface area contributed by atoms with Gasteiger partial charge in [0.1, 0.15) is 5.75 Å². The lowest BCUT2D eigenvalue weighted by Gasteiger charge is -2.19. The second-order valence-corrected chi connectivity index (χ2v) is 8.07. The van der Waals surface area contributed by atoms with Crippen LogP contribution in [0.15, 0.2) is 53.4 Å². The van der Waals surface area contributed by atoms with Gasteiger partial charge in [0.25, 0.3) is 0 Å². The third-order valence-corrected chi connectivity index (χ3v) is 5.57. The van der Waals surface area contributed by atoms with Crippen molar-refractivity contribution in [2.24, 2.45) is 0 Å². The molecule has 2 rings (SSSR count). The minimum Gasteiger partial charge on any atom is -0.496 e. The third-order valence-electron chi connectivity index (χ3n) is 3.76. The predicted molar refractivity (Wildman–Crippen MR) is 95.5 cm³/mol. The maximum absolute atomic E-state index is 12.2. The normalized spacial score (nSPS) is 11.9. The van der Waals surface area contributed by atoms with Gasteiger partial charge >= 0.3 is 0 Å². The van der Waals surface area contributed by atoms with E-state index < -0.39 is 10.0 Å². The van der Waals surface area contributed by atoms with E-state index in [4.69, 9.17) is 4.74 Å². The molecule has 0 aliphatic carbocycles. The number of hydrogen-bond donors (Lipinski definition) is 0. The van der Waals surface area contributed by atoms with Crippen LogP contribution in [0.5, 0.6) is 5.75 Å². The predicted octanol–water partition coefficient (Wildman–Crippen LogP) is 2.58. The molecule has 0 fully saturated rings. The Labute approximate surface area is 144 Å². The van der Waals surface area contributed by atoms with Crippen molar-refractivity contribution in [2.45, 2.75) is 18.0 Å². The van der Waals surface area contributed by atoms with Gasteiger partial charge in [-0.1, -0.05) is 30.3 Å². The topological polar surface area (TPSA) is 49.9 Å². The summed E-state index contributed by atoms with van der Waals surface area (Å²) in [5.74, 6) is 0.855. The van der Waals surface area contributed by atoms with Crippen LogP contribution in [-0.4, -0.2) is 45.9 Å².